The van der Waals surface area contributed by atoms with Crippen LogP contribution in [0.3, 0.4) is 0 Å². The first kappa shape index (κ1) is 24.3. The molecule has 2 fully saturated rings. The first-order chi connectivity index (χ1) is 16.6. The van der Waals surface area contributed by atoms with Gasteiger partial charge in [-0.2, -0.15) is 0 Å². The van der Waals surface area contributed by atoms with Crippen LogP contribution in [0.5, 0.6) is 0 Å². The Hall–Kier alpha value is -2.42. The number of pyridine rings is 1. The second kappa shape index (κ2) is 8.91. The Bertz CT molecular complexity index is 1350. The minimum Gasteiger partial charge on any atom is -0.374 e. The van der Waals surface area contributed by atoms with Gasteiger partial charge in [0.1, 0.15) is 4.83 Å². The van der Waals surface area contributed by atoms with Gasteiger partial charge in [0.2, 0.25) is 5.91 Å². The average molecular weight is 513 g/mol. The van der Waals surface area contributed by atoms with Gasteiger partial charge in [0.25, 0.3) is 0 Å². The van der Waals surface area contributed by atoms with E-state index >= 15 is 0 Å². The van der Waals surface area contributed by atoms with Crippen LogP contribution in [0.2, 0.25) is 0 Å². The third kappa shape index (κ3) is 4.05. The van der Waals surface area contributed by atoms with Crippen molar-refractivity contribution in [2.24, 2.45) is 22.4 Å². The molecule has 186 valence electrons. The summed E-state index contributed by atoms with van der Waals surface area (Å²) in [5.41, 5.74) is 18.1. The summed E-state index contributed by atoms with van der Waals surface area (Å²) in [5, 5.41) is 1.34. The molecule has 35 heavy (non-hydrogen) atoms. The third-order valence-electron chi connectivity index (χ3n) is 7.99. The lowest BCUT2D eigenvalue weighted by Gasteiger charge is -2.30. The number of amidine groups is 1. The fraction of sp³-hybridized carbons (Fsp3) is 0.500. The molecule has 1 saturated carbocycles. The number of aromatic nitrogens is 2. The van der Waals surface area contributed by atoms with Gasteiger partial charge in [0.15, 0.2) is 11.1 Å². The number of hydrogen-bond donors (Lipinski definition) is 3. The van der Waals surface area contributed by atoms with Crippen molar-refractivity contribution in [2.75, 3.05) is 13.1 Å². The molecule has 5 rings (SSSR count). The topological polar surface area (TPSA) is 113 Å². The van der Waals surface area contributed by atoms with Crippen molar-refractivity contribution < 1.29 is 4.79 Å². The zero-order valence-electron chi connectivity index (χ0n) is 20.9. The summed E-state index contributed by atoms with van der Waals surface area (Å²) in [5.74, 6) is 1.83. The fourth-order valence-corrected chi connectivity index (χ4v) is 7.82. The summed E-state index contributed by atoms with van der Waals surface area (Å²) in [6.07, 6.45) is 4.15. The van der Waals surface area contributed by atoms with Gasteiger partial charge in [-0.05, 0) is 85.2 Å². The smallest absolute Gasteiger partial charge is 0.231 e. The second-order valence-electron chi connectivity index (χ2n) is 10.4. The van der Waals surface area contributed by atoms with E-state index in [-0.39, 0.29) is 11.2 Å². The maximum Gasteiger partial charge on any atom is 0.231 e. The Kier molecular flexibility index (Phi) is 6.18. The van der Waals surface area contributed by atoms with E-state index < -0.39 is 0 Å². The molecule has 2 aliphatic rings. The number of amides is 1. The Morgan fingerprint density at radius 3 is 2.60 bits per heavy atom. The quantitative estimate of drug-likeness (QED) is 0.239. The maximum absolute atomic E-state index is 11.4. The van der Waals surface area contributed by atoms with Crippen molar-refractivity contribution in [1.82, 2.24) is 14.9 Å². The molecule has 1 unspecified atom stereocenters. The molecule has 1 saturated heterocycles. The number of aromatic amines is 1. The Morgan fingerprint density at radius 2 is 2.00 bits per heavy atom. The van der Waals surface area contributed by atoms with Crippen LogP contribution >= 0.6 is 22.9 Å². The summed E-state index contributed by atoms with van der Waals surface area (Å²) in [6.45, 7) is 12.2. The Labute approximate surface area is 215 Å². The molecule has 0 spiro atoms. The molecule has 1 amide bonds. The lowest BCUT2D eigenvalue weighted by Crippen LogP contribution is -2.40. The number of piperidine rings is 1. The van der Waals surface area contributed by atoms with Crippen molar-refractivity contribution in [3.8, 4) is 11.3 Å². The molecule has 0 aromatic carbocycles. The van der Waals surface area contributed by atoms with E-state index in [1.807, 2.05) is 24.5 Å². The number of likely N-dealkylation sites (tertiary alicyclic amines) is 1. The lowest BCUT2D eigenvalue weighted by atomic mass is 9.88. The van der Waals surface area contributed by atoms with Crippen molar-refractivity contribution in [2.45, 2.75) is 65.3 Å². The molecule has 0 radical (unpaired) electrons. The van der Waals surface area contributed by atoms with Crippen molar-refractivity contribution in [3.63, 3.8) is 0 Å². The highest BCUT2D eigenvalue weighted by Gasteiger charge is 2.46. The molecule has 9 heteroatoms. The van der Waals surface area contributed by atoms with Crippen LogP contribution in [0, 0.1) is 26.7 Å². The number of halogens is 1. The summed E-state index contributed by atoms with van der Waals surface area (Å²) in [7, 11) is 0. The van der Waals surface area contributed by atoms with Crippen LogP contribution in [0.25, 0.3) is 21.5 Å². The predicted octanol–water partition coefficient (Wildman–Crippen LogP) is 5.19. The Morgan fingerprint density at radius 1 is 1.26 bits per heavy atom. The van der Waals surface area contributed by atoms with E-state index in [1.54, 1.807) is 0 Å². The highest BCUT2D eigenvalue weighted by molar-refractivity contribution is 7.19. The number of rotatable bonds is 6. The lowest BCUT2D eigenvalue weighted by molar-refractivity contribution is -0.119. The molecule has 1 aliphatic heterocycles. The molecule has 3 aromatic rings. The van der Waals surface area contributed by atoms with E-state index in [2.05, 4.69) is 47.6 Å². The first-order valence-corrected chi connectivity index (χ1v) is 13.4. The molecule has 3 aromatic heterocycles. The van der Waals surface area contributed by atoms with Crippen LogP contribution in [0.4, 0.5) is 5.82 Å². The number of H-pyrrole nitrogens is 1. The van der Waals surface area contributed by atoms with E-state index in [9.17, 15) is 4.79 Å². The molecule has 7 nitrogen and oxygen atoms in total. The maximum atomic E-state index is 11.4. The number of carbonyl (C=O) groups is 1. The number of nitrogens with one attached hydrogen (secondary N) is 1. The van der Waals surface area contributed by atoms with Gasteiger partial charge in [0, 0.05) is 34.6 Å². The number of carbonyl (C=O) groups excluding carboxylic acids is 1. The SMILES string of the molecule is Cc1c(-c2[nH]c3sc([C@@H]4CC5C[C@H]4CN5CC(N)=O)c(C)c3c2C(C)C)cnc(N=C(N)Cl)c1C. The summed E-state index contributed by atoms with van der Waals surface area (Å²) in [6, 6.07) is 0.470. The van der Waals surface area contributed by atoms with E-state index in [4.69, 9.17) is 23.1 Å². The van der Waals surface area contributed by atoms with E-state index in [0.717, 1.165) is 41.8 Å². The van der Waals surface area contributed by atoms with Crippen LogP contribution in [0.15, 0.2) is 11.2 Å². The third-order valence-corrected chi connectivity index (χ3v) is 9.41. The first-order valence-electron chi connectivity index (χ1n) is 12.2. The number of fused-ring (bicyclic) bond motifs is 3. The number of aliphatic imine (C=N–C) groups is 1. The average Bonchev–Trinajstić information content (AvgIpc) is 3.51. The fourth-order valence-electron chi connectivity index (χ4n) is 6.31. The van der Waals surface area contributed by atoms with Gasteiger partial charge in [-0.3, -0.25) is 9.69 Å². The van der Waals surface area contributed by atoms with E-state index in [0.29, 0.717) is 36.2 Å². The number of nitrogens with zero attached hydrogens (tertiary/aromatic N) is 3. The number of aryl methyl sites for hydroxylation is 1. The highest BCUT2D eigenvalue weighted by atomic mass is 35.5. The number of hydrogen-bond acceptors (Lipinski definition) is 5. The minimum absolute atomic E-state index is 0.0162. The predicted molar refractivity (Wildman–Crippen MR) is 145 cm³/mol. The second-order valence-corrected chi connectivity index (χ2v) is 11.9. The van der Waals surface area contributed by atoms with Gasteiger partial charge >= 0.3 is 0 Å². The monoisotopic (exact) mass is 512 g/mol. The molecule has 5 N–H and O–H groups in total. The van der Waals surface area contributed by atoms with Crippen LogP contribution < -0.4 is 11.5 Å². The van der Waals surface area contributed by atoms with Gasteiger partial charge in [-0.15, -0.1) is 11.3 Å². The van der Waals surface area contributed by atoms with Gasteiger partial charge in [-0.1, -0.05) is 13.8 Å². The normalized spacial score (nSPS) is 22.7. The molecule has 4 heterocycles. The van der Waals surface area contributed by atoms with E-state index in [1.165, 1.54) is 26.2 Å². The van der Waals surface area contributed by atoms with Gasteiger partial charge in [-0.25, -0.2) is 9.98 Å². The van der Waals surface area contributed by atoms with Crippen LogP contribution in [-0.4, -0.2) is 45.2 Å². The standard InChI is InChI=1S/C26H33ClN6OS/c1-11(2)20-21-14(5)23(17-7-16-6-15(17)9-33(16)10-19(28)34)35-25(21)31-22(20)18-8-30-24(32-26(27)29)13(4)12(18)3/h8,11,15-17,31H,6-7,9-10H2,1-5H3,(H2,28,34)(H2,29,30,32)/t15-,16?,17+/m0/s1. The summed E-state index contributed by atoms with van der Waals surface area (Å²) >= 11 is 7.70. The summed E-state index contributed by atoms with van der Waals surface area (Å²) < 4.78 is 0. The van der Waals surface area contributed by atoms with Crippen molar-refractivity contribution >= 4 is 50.2 Å². The molecule has 1 aliphatic carbocycles. The van der Waals surface area contributed by atoms with Crippen molar-refractivity contribution in [3.05, 3.63) is 33.3 Å². The molecular formula is C26H33ClN6OS. The zero-order chi connectivity index (χ0) is 25.2. The van der Waals surface area contributed by atoms with Gasteiger partial charge < -0.3 is 16.5 Å². The number of nitrogens with two attached hydrogens (primary N) is 2. The minimum atomic E-state index is -0.227. The highest BCUT2D eigenvalue weighted by Crippen LogP contribution is 2.53. The van der Waals surface area contributed by atoms with Crippen molar-refractivity contribution in [1.29, 1.82) is 0 Å². The molecular weight excluding hydrogens is 480 g/mol. The summed E-state index contributed by atoms with van der Waals surface area (Å²) in [4.78, 5) is 28.9. The molecule has 3 atom stereocenters. The van der Waals surface area contributed by atoms with Crippen LogP contribution in [-0.2, 0) is 4.79 Å². The van der Waals surface area contributed by atoms with Crippen LogP contribution in [0.1, 0.15) is 65.7 Å². The number of primary amides is 1. The zero-order valence-corrected chi connectivity index (χ0v) is 22.5. The largest absolute Gasteiger partial charge is 0.374 e. The Balaban J connectivity index is 1.54. The molecule has 2 bridgehead atoms. The van der Waals surface area contributed by atoms with Gasteiger partial charge in [0.05, 0.1) is 12.2 Å². The number of thiophene rings is 1.